The lowest BCUT2D eigenvalue weighted by atomic mass is 9.96. The minimum Gasteiger partial charge on any atom is -0.326 e. The van der Waals surface area contributed by atoms with Crippen molar-refractivity contribution >= 4 is 17.9 Å². The van der Waals surface area contributed by atoms with Crippen LogP contribution in [-0.4, -0.2) is 21.7 Å². The minimum atomic E-state index is -0.208. The fraction of sp³-hybridized carbons (Fsp3) is 0.105. The number of aromatic nitrogens is 2. The minimum absolute atomic E-state index is 0.0984. The number of rotatable bonds is 5. The van der Waals surface area contributed by atoms with E-state index < -0.39 is 0 Å². The van der Waals surface area contributed by atoms with Crippen molar-refractivity contribution in [2.24, 2.45) is 0 Å². The Kier molecular flexibility index (Phi) is 4.52. The van der Waals surface area contributed by atoms with Crippen LogP contribution in [0.4, 0.5) is 5.69 Å². The second kappa shape index (κ2) is 6.91. The molecule has 0 fully saturated rings. The quantitative estimate of drug-likeness (QED) is 0.734. The summed E-state index contributed by atoms with van der Waals surface area (Å²) < 4.78 is 1.98. The molecule has 0 aliphatic carbocycles. The number of nitrogens with one attached hydrogen (secondary N) is 1. The van der Waals surface area contributed by atoms with Crippen molar-refractivity contribution in [3.05, 3.63) is 83.9 Å². The molecule has 1 N–H and O–H groups in total. The molecule has 5 nitrogen and oxygen atoms in total. The summed E-state index contributed by atoms with van der Waals surface area (Å²) in [4.78, 5) is 26.8. The first-order valence-corrected chi connectivity index (χ1v) is 7.58. The number of carbonyl (C=O) groups excluding carboxylic acids is 2. The Hall–Kier alpha value is -3.21. The molecule has 1 aromatic heterocycles. The number of hydrogen-bond donors (Lipinski definition) is 1. The van der Waals surface area contributed by atoms with Gasteiger partial charge in [-0.3, -0.25) is 9.59 Å². The average molecular weight is 319 g/mol. The van der Waals surface area contributed by atoms with Crippen LogP contribution in [0.3, 0.4) is 0 Å². The molecule has 0 aliphatic heterocycles. The molecule has 120 valence electrons. The van der Waals surface area contributed by atoms with E-state index in [1.165, 1.54) is 6.92 Å². The first kappa shape index (κ1) is 15.7. The zero-order chi connectivity index (χ0) is 16.9. The summed E-state index contributed by atoms with van der Waals surface area (Å²) in [6.07, 6.45) is 6.12. The van der Waals surface area contributed by atoms with Gasteiger partial charge < -0.3 is 9.88 Å². The molecule has 5 heteroatoms. The molecule has 24 heavy (non-hydrogen) atoms. The largest absolute Gasteiger partial charge is 0.326 e. The van der Waals surface area contributed by atoms with Crippen molar-refractivity contribution in [3.63, 3.8) is 0 Å². The Morgan fingerprint density at radius 2 is 1.96 bits per heavy atom. The van der Waals surface area contributed by atoms with E-state index in [-0.39, 0.29) is 11.9 Å². The summed E-state index contributed by atoms with van der Waals surface area (Å²) in [5.74, 6) is -0.208. The first-order chi connectivity index (χ1) is 11.7. The molecule has 1 amide bonds. The van der Waals surface area contributed by atoms with Crippen LogP contribution in [0.2, 0.25) is 0 Å². The molecule has 3 aromatic rings. The van der Waals surface area contributed by atoms with Crippen molar-refractivity contribution < 1.29 is 9.59 Å². The van der Waals surface area contributed by atoms with Gasteiger partial charge in [0.15, 0.2) is 6.29 Å². The van der Waals surface area contributed by atoms with Gasteiger partial charge in [0.1, 0.15) is 0 Å². The van der Waals surface area contributed by atoms with E-state index in [0.29, 0.717) is 11.3 Å². The Balaban J connectivity index is 2.09. The Labute approximate surface area is 140 Å². The lowest BCUT2D eigenvalue weighted by Gasteiger charge is -2.20. The maximum absolute atomic E-state index is 11.4. The number of nitrogens with zero attached hydrogens (tertiary/aromatic N) is 2. The maximum Gasteiger partial charge on any atom is 0.221 e. The monoisotopic (exact) mass is 319 g/mol. The van der Waals surface area contributed by atoms with Crippen LogP contribution in [-0.2, 0) is 4.79 Å². The fourth-order valence-electron chi connectivity index (χ4n) is 2.75. The molecular weight excluding hydrogens is 302 g/mol. The van der Waals surface area contributed by atoms with Gasteiger partial charge in [0, 0.05) is 24.9 Å². The van der Waals surface area contributed by atoms with Gasteiger partial charge in [0.05, 0.1) is 18.1 Å². The van der Waals surface area contributed by atoms with Gasteiger partial charge in [0.2, 0.25) is 5.91 Å². The average Bonchev–Trinajstić information content (AvgIpc) is 3.11. The summed E-state index contributed by atoms with van der Waals surface area (Å²) in [5, 5.41) is 2.68. The molecule has 1 unspecified atom stereocenters. The van der Waals surface area contributed by atoms with Crippen LogP contribution in [0.1, 0.15) is 34.5 Å². The van der Waals surface area contributed by atoms with Gasteiger partial charge in [-0.2, -0.15) is 0 Å². The van der Waals surface area contributed by atoms with Crippen molar-refractivity contribution in [2.45, 2.75) is 13.0 Å². The Morgan fingerprint density at radius 1 is 1.17 bits per heavy atom. The molecule has 0 spiro atoms. The standard InChI is InChI=1S/C19H17N3O2/c1-14(24)21-18-8-7-16(11-17(18)12-23)19(22-10-9-20-13-22)15-5-3-2-4-6-15/h2-13,19H,1H3,(H,21,24). The summed E-state index contributed by atoms with van der Waals surface area (Å²) in [5.41, 5.74) is 2.98. The van der Waals surface area contributed by atoms with Crippen LogP contribution in [0, 0.1) is 0 Å². The zero-order valence-electron chi connectivity index (χ0n) is 13.2. The highest BCUT2D eigenvalue weighted by Gasteiger charge is 2.17. The van der Waals surface area contributed by atoms with E-state index in [1.807, 2.05) is 47.2 Å². The summed E-state index contributed by atoms with van der Waals surface area (Å²) in [7, 11) is 0. The number of benzene rings is 2. The van der Waals surface area contributed by atoms with Crippen molar-refractivity contribution in [1.82, 2.24) is 9.55 Å². The molecular formula is C19H17N3O2. The molecule has 2 aromatic carbocycles. The summed E-state index contributed by atoms with van der Waals surface area (Å²) >= 11 is 0. The lowest BCUT2D eigenvalue weighted by molar-refractivity contribution is -0.114. The van der Waals surface area contributed by atoms with Crippen LogP contribution in [0.15, 0.2) is 67.3 Å². The molecule has 0 radical (unpaired) electrons. The van der Waals surface area contributed by atoms with Gasteiger partial charge in [-0.1, -0.05) is 36.4 Å². The summed E-state index contributed by atoms with van der Waals surface area (Å²) in [6.45, 7) is 1.42. The number of hydrogen-bond acceptors (Lipinski definition) is 3. The lowest BCUT2D eigenvalue weighted by Crippen LogP contribution is -2.12. The van der Waals surface area contributed by atoms with Gasteiger partial charge in [-0.25, -0.2) is 4.98 Å². The molecule has 1 heterocycles. The van der Waals surface area contributed by atoms with Crippen LogP contribution in [0.25, 0.3) is 0 Å². The SMILES string of the molecule is CC(=O)Nc1ccc(C(c2ccccc2)n2ccnc2)cc1C=O. The molecule has 0 saturated heterocycles. The maximum atomic E-state index is 11.4. The van der Waals surface area contributed by atoms with Gasteiger partial charge in [-0.05, 0) is 23.3 Å². The third kappa shape index (κ3) is 3.25. The van der Waals surface area contributed by atoms with E-state index >= 15 is 0 Å². The number of aldehydes is 1. The summed E-state index contributed by atoms with van der Waals surface area (Å²) in [6, 6.07) is 15.4. The number of imidazole rings is 1. The Morgan fingerprint density at radius 3 is 2.58 bits per heavy atom. The number of anilines is 1. The molecule has 0 bridgehead atoms. The third-order valence-corrected chi connectivity index (χ3v) is 3.77. The van der Waals surface area contributed by atoms with Crippen LogP contribution < -0.4 is 5.32 Å². The second-order valence-electron chi connectivity index (χ2n) is 5.47. The van der Waals surface area contributed by atoms with Gasteiger partial charge in [-0.15, -0.1) is 0 Å². The number of carbonyl (C=O) groups is 2. The van der Waals surface area contributed by atoms with Crippen molar-refractivity contribution in [3.8, 4) is 0 Å². The van der Waals surface area contributed by atoms with E-state index in [4.69, 9.17) is 0 Å². The topological polar surface area (TPSA) is 64.0 Å². The van der Waals surface area contributed by atoms with E-state index in [2.05, 4.69) is 10.3 Å². The van der Waals surface area contributed by atoms with Gasteiger partial charge >= 0.3 is 0 Å². The highest BCUT2D eigenvalue weighted by molar-refractivity contribution is 5.95. The zero-order valence-corrected chi connectivity index (χ0v) is 13.2. The van der Waals surface area contributed by atoms with Crippen LogP contribution in [0.5, 0.6) is 0 Å². The molecule has 0 saturated carbocycles. The van der Waals surface area contributed by atoms with Gasteiger partial charge in [0.25, 0.3) is 0 Å². The fourth-order valence-corrected chi connectivity index (χ4v) is 2.75. The van der Waals surface area contributed by atoms with E-state index in [9.17, 15) is 9.59 Å². The van der Waals surface area contributed by atoms with E-state index in [0.717, 1.165) is 17.4 Å². The highest BCUT2D eigenvalue weighted by Crippen LogP contribution is 2.29. The first-order valence-electron chi connectivity index (χ1n) is 7.58. The molecule has 0 aliphatic rings. The predicted molar refractivity (Wildman–Crippen MR) is 92.0 cm³/mol. The normalized spacial score (nSPS) is 11.7. The highest BCUT2D eigenvalue weighted by atomic mass is 16.1. The Bertz CT molecular complexity index is 842. The second-order valence-corrected chi connectivity index (χ2v) is 5.47. The smallest absolute Gasteiger partial charge is 0.221 e. The third-order valence-electron chi connectivity index (χ3n) is 3.77. The van der Waals surface area contributed by atoms with Crippen LogP contribution >= 0.6 is 0 Å². The molecule has 1 atom stereocenters. The van der Waals surface area contributed by atoms with E-state index in [1.54, 1.807) is 24.7 Å². The number of amides is 1. The predicted octanol–water partition coefficient (Wildman–Crippen LogP) is 3.29. The van der Waals surface area contributed by atoms with Crippen molar-refractivity contribution in [2.75, 3.05) is 5.32 Å². The molecule has 3 rings (SSSR count). The van der Waals surface area contributed by atoms with Crippen molar-refractivity contribution in [1.29, 1.82) is 0 Å².